The van der Waals surface area contributed by atoms with Crippen LogP contribution < -0.4 is 5.32 Å². The summed E-state index contributed by atoms with van der Waals surface area (Å²) in [4.78, 5) is 11.3. The lowest BCUT2D eigenvalue weighted by atomic mass is 9.89. The number of hydrogen-bond donors (Lipinski definition) is 2. The van der Waals surface area contributed by atoms with Crippen LogP contribution in [-0.2, 0) is 10.3 Å². The van der Waals surface area contributed by atoms with Crippen LogP contribution in [0.3, 0.4) is 0 Å². The molecule has 0 saturated carbocycles. The molecule has 0 aliphatic heterocycles. The smallest absolute Gasteiger partial charge is 0.401 e. The average Bonchev–Trinajstić information content (AvgIpc) is 2.23. The minimum atomic E-state index is -4.46. The maximum absolute atomic E-state index is 12.3. The third-order valence-electron chi connectivity index (χ3n) is 2.87. The number of hydrogen-bond acceptors (Lipinski definition) is 2. The van der Waals surface area contributed by atoms with E-state index >= 15 is 0 Å². The van der Waals surface area contributed by atoms with Gasteiger partial charge in [0.2, 0.25) is 0 Å². The van der Waals surface area contributed by atoms with E-state index in [1.807, 2.05) is 6.07 Å². The normalized spacial score (nSPS) is 15.1. The molecule has 0 fully saturated rings. The van der Waals surface area contributed by atoms with Crippen molar-refractivity contribution < 1.29 is 23.1 Å². The van der Waals surface area contributed by atoms with Crippen LogP contribution in [0.15, 0.2) is 18.2 Å². The highest BCUT2D eigenvalue weighted by Gasteiger charge is 2.39. The van der Waals surface area contributed by atoms with Crippen LogP contribution >= 0.6 is 0 Å². The van der Waals surface area contributed by atoms with Crippen LogP contribution in [0.4, 0.5) is 13.2 Å². The predicted molar refractivity (Wildman–Crippen MR) is 65.0 cm³/mol. The van der Waals surface area contributed by atoms with Gasteiger partial charge in [0.05, 0.1) is 6.54 Å². The Morgan fingerprint density at radius 1 is 1.21 bits per heavy atom. The lowest BCUT2D eigenvalue weighted by Crippen LogP contribution is -2.50. The van der Waals surface area contributed by atoms with Gasteiger partial charge in [-0.3, -0.25) is 5.32 Å². The molecular formula is C13H16F3NO2. The molecule has 0 heterocycles. The van der Waals surface area contributed by atoms with Gasteiger partial charge in [0.15, 0.2) is 0 Å². The van der Waals surface area contributed by atoms with Gasteiger partial charge >= 0.3 is 12.1 Å². The number of nitrogens with one attached hydrogen (secondary N) is 1. The molecule has 1 unspecified atom stereocenters. The molecule has 1 rings (SSSR count). The van der Waals surface area contributed by atoms with Gasteiger partial charge in [-0.2, -0.15) is 13.2 Å². The van der Waals surface area contributed by atoms with E-state index < -0.39 is 24.2 Å². The number of aryl methyl sites for hydroxylation is 2. The minimum Gasteiger partial charge on any atom is -0.480 e. The van der Waals surface area contributed by atoms with E-state index in [1.54, 1.807) is 26.0 Å². The fraction of sp³-hybridized carbons (Fsp3) is 0.462. The molecule has 0 radical (unpaired) electrons. The number of halogens is 3. The number of carbonyl (C=O) groups is 1. The van der Waals surface area contributed by atoms with E-state index in [4.69, 9.17) is 0 Å². The van der Waals surface area contributed by atoms with Crippen molar-refractivity contribution in [2.75, 3.05) is 6.54 Å². The first-order valence-electron chi connectivity index (χ1n) is 5.68. The van der Waals surface area contributed by atoms with Gasteiger partial charge in [0.25, 0.3) is 0 Å². The summed E-state index contributed by atoms with van der Waals surface area (Å²) in [6.45, 7) is 3.41. The highest BCUT2D eigenvalue weighted by atomic mass is 19.4. The van der Waals surface area contributed by atoms with E-state index in [-0.39, 0.29) is 0 Å². The molecule has 0 aliphatic carbocycles. The highest BCUT2D eigenvalue weighted by molar-refractivity contribution is 5.80. The van der Waals surface area contributed by atoms with Gasteiger partial charge in [-0.1, -0.05) is 29.3 Å². The third kappa shape index (κ3) is 3.96. The highest BCUT2D eigenvalue weighted by Crippen LogP contribution is 2.25. The number of aliphatic carboxylic acids is 1. The van der Waals surface area contributed by atoms with E-state index in [0.717, 1.165) is 11.1 Å². The number of carboxylic acids is 1. The fourth-order valence-corrected chi connectivity index (χ4v) is 1.84. The Morgan fingerprint density at radius 2 is 1.68 bits per heavy atom. The Bertz CT molecular complexity index is 465. The Morgan fingerprint density at radius 3 is 2.05 bits per heavy atom. The van der Waals surface area contributed by atoms with Crippen molar-refractivity contribution in [1.29, 1.82) is 0 Å². The molecule has 0 aromatic heterocycles. The molecule has 1 aromatic carbocycles. The third-order valence-corrected chi connectivity index (χ3v) is 2.87. The first-order chi connectivity index (χ1) is 8.54. The monoisotopic (exact) mass is 275 g/mol. The van der Waals surface area contributed by atoms with Crippen LogP contribution in [0.2, 0.25) is 0 Å². The first kappa shape index (κ1) is 15.5. The summed E-state index contributed by atoms with van der Waals surface area (Å²) in [5, 5.41) is 11.3. The first-order valence-corrected chi connectivity index (χ1v) is 5.68. The zero-order valence-corrected chi connectivity index (χ0v) is 10.9. The van der Waals surface area contributed by atoms with Gasteiger partial charge in [-0.15, -0.1) is 0 Å². The number of benzene rings is 1. The molecule has 19 heavy (non-hydrogen) atoms. The van der Waals surface area contributed by atoms with Crippen LogP contribution in [0.1, 0.15) is 23.6 Å². The number of carboxylic acid groups (broad SMARTS) is 1. The summed E-state index contributed by atoms with van der Waals surface area (Å²) in [5.74, 6) is -1.35. The van der Waals surface area contributed by atoms with E-state index in [0.29, 0.717) is 5.56 Å². The topological polar surface area (TPSA) is 49.3 Å². The Kier molecular flexibility index (Phi) is 4.25. The van der Waals surface area contributed by atoms with Crippen LogP contribution in [-0.4, -0.2) is 23.8 Å². The minimum absolute atomic E-state index is 0.307. The molecule has 0 saturated heterocycles. The molecule has 1 aromatic rings. The summed E-state index contributed by atoms with van der Waals surface area (Å²) >= 11 is 0. The second-order valence-electron chi connectivity index (χ2n) is 4.78. The Balaban J connectivity index is 3.15. The Labute approximate surface area is 109 Å². The quantitative estimate of drug-likeness (QED) is 0.888. The SMILES string of the molecule is Cc1cc(C)cc(C(C)(NCC(F)(F)F)C(=O)O)c1. The zero-order chi connectivity index (χ0) is 14.8. The summed E-state index contributed by atoms with van der Waals surface area (Å²) < 4.78 is 36.8. The van der Waals surface area contributed by atoms with E-state index in [1.165, 1.54) is 6.92 Å². The molecule has 106 valence electrons. The summed E-state index contributed by atoms with van der Waals surface area (Å²) in [6.07, 6.45) is -4.46. The number of alkyl halides is 3. The van der Waals surface area contributed by atoms with Crippen molar-refractivity contribution in [2.45, 2.75) is 32.5 Å². The lowest BCUT2D eigenvalue weighted by Gasteiger charge is -2.28. The molecule has 1 atom stereocenters. The van der Waals surface area contributed by atoms with E-state index in [9.17, 15) is 23.1 Å². The standard InChI is InChI=1S/C13H16F3NO2/c1-8-4-9(2)6-10(5-8)12(3,11(18)19)17-7-13(14,15)16/h4-6,17H,7H2,1-3H3,(H,18,19). The van der Waals surface area contributed by atoms with Crippen molar-refractivity contribution in [2.24, 2.45) is 0 Å². The summed E-state index contributed by atoms with van der Waals surface area (Å²) in [7, 11) is 0. The number of rotatable bonds is 4. The molecule has 0 bridgehead atoms. The largest absolute Gasteiger partial charge is 0.480 e. The molecular weight excluding hydrogens is 259 g/mol. The lowest BCUT2D eigenvalue weighted by molar-refractivity contribution is -0.150. The fourth-order valence-electron chi connectivity index (χ4n) is 1.84. The van der Waals surface area contributed by atoms with Gasteiger partial charge in [0.1, 0.15) is 5.54 Å². The maximum atomic E-state index is 12.3. The van der Waals surface area contributed by atoms with Crippen LogP contribution in [0.5, 0.6) is 0 Å². The Hall–Kier alpha value is -1.56. The van der Waals surface area contributed by atoms with Crippen molar-refractivity contribution in [3.63, 3.8) is 0 Å². The second kappa shape index (κ2) is 5.21. The van der Waals surface area contributed by atoms with Crippen molar-refractivity contribution >= 4 is 5.97 Å². The molecule has 0 spiro atoms. The predicted octanol–water partition coefficient (Wildman–Crippen LogP) is 2.76. The molecule has 0 aliphatic rings. The second-order valence-corrected chi connectivity index (χ2v) is 4.78. The van der Waals surface area contributed by atoms with Gasteiger partial charge in [-0.05, 0) is 26.3 Å². The average molecular weight is 275 g/mol. The van der Waals surface area contributed by atoms with Gasteiger partial charge in [-0.25, -0.2) is 4.79 Å². The summed E-state index contributed by atoms with van der Waals surface area (Å²) in [6, 6.07) is 4.98. The van der Waals surface area contributed by atoms with Gasteiger partial charge in [0, 0.05) is 0 Å². The van der Waals surface area contributed by atoms with Crippen molar-refractivity contribution in [3.05, 3.63) is 34.9 Å². The van der Waals surface area contributed by atoms with Crippen molar-refractivity contribution in [1.82, 2.24) is 5.32 Å². The maximum Gasteiger partial charge on any atom is 0.401 e. The van der Waals surface area contributed by atoms with Gasteiger partial charge < -0.3 is 5.11 Å². The summed E-state index contributed by atoms with van der Waals surface area (Å²) in [5.41, 5.74) is 0.140. The van der Waals surface area contributed by atoms with Crippen LogP contribution in [0.25, 0.3) is 0 Å². The zero-order valence-electron chi connectivity index (χ0n) is 10.9. The van der Waals surface area contributed by atoms with Crippen LogP contribution in [0, 0.1) is 13.8 Å². The van der Waals surface area contributed by atoms with E-state index in [2.05, 4.69) is 5.32 Å². The molecule has 3 nitrogen and oxygen atoms in total. The molecule has 2 N–H and O–H groups in total. The van der Waals surface area contributed by atoms with Crippen molar-refractivity contribution in [3.8, 4) is 0 Å². The molecule has 6 heteroatoms. The molecule has 0 amide bonds.